The van der Waals surface area contributed by atoms with Gasteiger partial charge in [0.2, 0.25) is 10.0 Å². The summed E-state index contributed by atoms with van der Waals surface area (Å²) in [6.07, 6.45) is 6.06. The fourth-order valence-corrected chi connectivity index (χ4v) is 4.49. The zero-order chi connectivity index (χ0) is 15.9. The largest absolute Gasteiger partial charge is 0.354 e. The lowest BCUT2D eigenvalue weighted by molar-refractivity contribution is 0.365. The Morgan fingerprint density at radius 2 is 2.05 bits per heavy atom. The number of nitrogens with one attached hydrogen (secondary N) is 1. The lowest BCUT2D eigenvalue weighted by atomic mass is 9.92. The summed E-state index contributed by atoms with van der Waals surface area (Å²) >= 11 is 0. The summed E-state index contributed by atoms with van der Waals surface area (Å²) in [4.78, 5) is 11.1. The highest BCUT2D eigenvalue weighted by atomic mass is 32.2. The average molecular weight is 324 g/mol. The number of anilines is 1. The van der Waals surface area contributed by atoms with E-state index in [1.807, 2.05) is 0 Å². The van der Waals surface area contributed by atoms with E-state index in [4.69, 9.17) is 0 Å². The molecule has 1 saturated heterocycles. The summed E-state index contributed by atoms with van der Waals surface area (Å²) in [6.45, 7) is 5.82. The Hall–Kier alpha value is -1.21. The van der Waals surface area contributed by atoms with Crippen molar-refractivity contribution in [3.8, 4) is 0 Å². The molecule has 122 valence electrons. The molecule has 0 radical (unpaired) electrons. The predicted molar refractivity (Wildman–Crippen MR) is 86.4 cm³/mol. The number of aromatic nitrogens is 2. The fourth-order valence-electron chi connectivity index (χ4n) is 3.69. The quantitative estimate of drug-likeness (QED) is 0.893. The Morgan fingerprint density at radius 3 is 2.73 bits per heavy atom. The summed E-state index contributed by atoms with van der Waals surface area (Å²) in [7, 11) is -3.20. The third-order valence-corrected chi connectivity index (χ3v) is 5.47. The number of rotatable bonds is 4. The van der Waals surface area contributed by atoms with E-state index < -0.39 is 10.0 Å². The maximum Gasteiger partial charge on any atom is 0.209 e. The molecule has 6 nitrogen and oxygen atoms in total. The summed E-state index contributed by atoms with van der Waals surface area (Å²) in [6, 6.07) is -0.0537. The van der Waals surface area contributed by atoms with Crippen molar-refractivity contribution < 1.29 is 8.42 Å². The molecule has 2 atom stereocenters. The van der Waals surface area contributed by atoms with E-state index in [2.05, 4.69) is 33.4 Å². The third-order valence-electron chi connectivity index (χ3n) is 4.74. The van der Waals surface area contributed by atoms with Crippen LogP contribution in [-0.4, -0.2) is 43.8 Å². The van der Waals surface area contributed by atoms with Gasteiger partial charge in [0.25, 0.3) is 0 Å². The van der Waals surface area contributed by atoms with E-state index >= 15 is 0 Å². The summed E-state index contributed by atoms with van der Waals surface area (Å²) in [5.74, 6) is 1.71. The van der Waals surface area contributed by atoms with Gasteiger partial charge in [0.05, 0.1) is 6.26 Å². The van der Waals surface area contributed by atoms with Crippen molar-refractivity contribution in [2.45, 2.75) is 39.2 Å². The van der Waals surface area contributed by atoms with Crippen molar-refractivity contribution in [3.63, 3.8) is 0 Å². The van der Waals surface area contributed by atoms with Crippen molar-refractivity contribution in [1.29, 1.82) is 0 Å². The average Bonchev–Trinajstić information content (AvgIpc) is 3.02. The maximum atomic E-state index is 11.6. The monoisotopic (exact) mass is 324 g/mol. The van der Waals surface area contributed by atoms with Gasteiger partial charge in [-0.25, -0.2) is 23.1 Å². The van der Waals surface area contributed by atoms with E-state index in [1.54, 1.807) is 6.33 Å². The van der Waals surface area contributed by atoms with E-state index in [1.165, 1.54) is 11.8 Å². The Kier molecular flexibility index (Phi) is 4.11. The van der Waals surface area contributed by atoms with E-state index in [9.17, 15) is 8.42 Å². The second-order valence-corrected chi connectivity index (χ2v) is 8.57. The second kappa shape index (κ2) is 5.77. The van der Waals surface area contributed by atoms with Crippen LogP contribution in [0.5, 0.6) is 0 Å². The molecule has 1 N–H and O–H groups in total. The van der Waals surface area contributed by atoms with Crippen LogP contribution < -0.4 is 9.62 Å². The van der Waals surface area contributed by atoms with Gasteiger partial charge in [0.1, 0.15) is 12.1 Å². The molecule has 2 heterocycles. The molecule has 0 amide bonds. The molecule has 1 aromatic heterocycles. The Balaban J connectivity index is 1.86. The number of hydrogen-bond donors (Lipinski definition) is 1. The predicted octanol–water partition coefficient (Wildman–Crippen LogP) is 0.975. The highest BCUT2D eigenvalue weighted by Gasteiger charge is 2.38. The van der Waals surface area contributed by atoms with Crippen LogP contribution in [0.15, 0.2) is 6.33 Å². The summed E-state index contributed by atoms with van der Waals surface area (Å²) in [5, 5.41) is 0. The van der Waals surface area contributed by atoms with Crippen LogP contribution in [0.4, 0.5) is 5.82 Å². The molecule has 1 aliphatic heterocycles. The standard InChI is InChI=1S/C15H24N4O2S/c1-10(2)12-7-19(8-14(12)18-22(3,20)21)15-11-5-4-6-13(11)16-9-17-15/h9-10,12,14,18H,4-8H2,1-3H3/t12-,14+/m0/s1. The van der Waals surface area contributed by atoms with Crippen LogP contribution in [0.2, 0.25) is 0 Å². The molecule has 1 fully saturated rings. The topological polar surface area (TPSA) is 75.2 Å². The Bertz CT molecular complexity index is 660. The lowest BCUT2D eigenvalue weighted by Crippen LogP contribution is -2.41. The summed E-state index contributed by atoms with van der Waals surface area (Å²) in [5.41, 5.74) is 2.41. The Labute approximate surface area is 132 Å². The second-order valence-electron chi connectivity index (χ2n) is 6.79. The number of nitrogens with zero attached hydrogens (tertiary/aromatic N) is 3. The first kappa shape index (κ1) is 15.7. The molecule has 7 heteroatoms. The molecular weight excluding hydrogens is 300 g/mol. The number of fused-ring (bicyclic) bond motifs is 1. The molecule has 0 aromatic carbocycles. The molecule has 22 heavy (non-hydrogen) atoms. The van der Waals surface area contributed by atoms with Gasteiger partial charge in [-0.3, -0.25) is 0 Å². The van der Waals surface area contributed by atoms with E-state index in [0.717, 1.165) is 37.3 Å². The van der Waals surface area contributed by atoms with Crippen LogP contribution >= 0.6 is 0 Å². The maximum absolute atomic E-state index is 11.6. The fraction of sp³-hybridized carbons (Fsp3) is 0.733. The minimum Gasteiger partial charge on any atom is -0.354 e. The SMILES string of the molecule is CC(C)[C@@H]1CN(c2ncnc3c2CCC3)C[C@H]1NS(C)(=O)=O. The first-order valence-corrected chi connectivity index (χ1v) is 9.79. The van der Waals surface area contributed by atoms with Crippen molar-refractivity contribution in [2.24, 2.45) is 11.8 Å². The smallest absolute Gasteiger partial charge is 0.209 e. The van der Waals surface area contributed by atoms with Gasteiger partial charge in [-0.2, -0.15) is 0 Å². The number of aryl methyl sites for hydroxylation is 1. The molecule has 0 saturated carbocycles. The molecule has 0 bridgehead atoms. The third kappa shape index (κ3) is 3.10. The first-order chi connectivity index (χ1) is 10.3. The highest BCUT2D eigenvalue weighted by Crippen LogP contribution is 2.33. The van der Waals surface area contributed by atoms with Crippen molar-refractivity contribution in [3.05, 3.63) is 17.6 Å². The first-order valence-electron chi connectivity index (χ1n) is 7.90. The minimum atomic E-state index is -3.20. The lowest BCUT2D eigenvalue weighted by Gasteiger charge is -2.21. The van der Waals surface area contributed by atoms with Crippen LogP contribution in [0.3, 0.4) is 0 Å². The number of hydrogen-bond acceptors (Lipinski definition) is 5. The molecule has 2 aliphatic rings. The van der Waals surface area contributed by atoms with Crippen molar-refractivity contribution >= 4 is 15.8 Å². The zero-order valence-electron chi connectivity index (χ0n) is 13.4. The normalized spacial score (nSPS) is 25.0. The van der Waals surface area contributed by atoms with Crippen LogP contribution in [0, 0.1) is 11.8 Å². The van der Waals surface area contributed by atoms with Gasteiger partial charge in [-0.05, 0) is 31.1 Å². The molecule has 0 unspecified atom stereocenters. The summed E-state index contributed by atoms with van der Waals surface area (Å²) < 4.78 is 26.1. The van der Waals surface area contributed by atoms with Gasteiger partial charge in [0.15, 0.2) is 0 Å². The van der Waals surface area contributed by atoms with Gasteiger partial charge < -0.3 is 4.90 Å². The van der Waals surface area contributed by atoms with Gasteiger partial charge in [-0.15, -0.1) is 0 Å². The van der Waals surface area contributed by atoms with Crippen LogP contribution in [0.1, 0.15) is 31.5 Å². The van der Waals surface area contributed by atoms with E-state index in [-0.39, 0.29) is 6.04 Å². The van der Waals surface area contributed by atoms with Crippen LogP contribution in [-0.2, 0) is 22.9 Å². The number of sulfonamides is 1. The Morgan fingerprint density at radius 1 is 1.27 bits per heavy atom. The molecular formula is C15H24N4O2S. The molecule has 1 aliphatic carbocycles. The van der Waals surface area contributed by atoms with Gasteiger partial charge >= 0.3 is 0 Å². The zero-order valence-corrected chi connectivity index (χ0v) is 14.2. The molecule has 3 rings (SSSR count). The van der Waals surface area contributed by atoms with E-state index in [0.29, 0.717) is 18.4 Å². The van der Waals surface area contributed by atoms with Gasteiger partial charge in [0, 0.05) is 30.4 Å². The highest BCUT2D eigenvalue weighted by molar-refractivity contribution is 7.88. The molecule has 1 aromatic rings. The minimum absolute atomic E-state index is 0.0537. The van der Waals surface area contributed by atoms with Crippen molar-refractivity contribution in [1.82, 2.24) is 14.7 Å². The van der Waals surface area contributed by atoms with Gasteiger partial charge in [-0.1, -0.05) is 13.8 Å². The molecule has 0 spiro atoms. The van der Waals surface area contributed by atoms with Crippen LogP contribution in [0.25, 0.3) is 0 Å². The van der Waals surface area contributed by atoms with Crippen molar-refractivity contribution in [2.75, 3.05) is 24.2 Å².